The van der Waals surface area contributed by atoms with Crippen LogP contribution in [0.5, 0.6) is 0 Å². The highest BCUT2D eigenvalue weighted by molar-refractivity contribution is 5.59. The minimum Gasteiger partial charge on any atom is -0.376 e. The van der Waals surface area contributed by atoms with Crippen LogP contribution in [0, 0.1) is 0 Å². The van der Waals surface area contributed by atoms with Crippen molar-refractivity contribution in [3.8, 4) is 0 Å². The Morgan fingerprint density at radius 1 is 1.23 bits per heavy atom. The van der Waals surface area contributed by atoms with Crippen molar-refractivity contribution in [2.45, 2.75) is 25.5 Å². The predicted octanol–water partition coefficient (Wildman–Crippen LogP) is 2.27. The summed E-state index contributed by atoms with van der Waals surface area (Å²) < 4.78 is 5.59. The number of rotatable bonds is 6. The zero-order chi connectivity index (χ0) is 15.2. The molecule has 1 aromatic carbocycles. The fourth-order valence-electron chi connectivity index (χ4n) is 2.47. The van der Waals surface area contributed by atoms with Gasteiger partial charge in [0, 0.05) is 31.5 Å². The number of nitrogens with two attached hydrogens (primary N) is 1. The van der Waals surface area contributed by atoms with Crippen LogP contribution < -0.4 is 16.4 Å². The summed E-state index contributed by atoms with van der Waals surface area (Å²) in [6.07, 6.45) is 4.08. The van der Waals surface area contributed by atoms with E-state index in [1.807, 2.05) is 30.3 Å². The Bertz CT molecular complexity index is 613. The Balaban J connectivity index is 1.62. The zero-order valence-electron chi connectivity index (χ0n) is 12.5. The second kappa shape index (κ2) is 7.20. The fourth-order valence-corrected chi connectivity index (χ4v) is 2.47. The number of anilines is 3. The van der Waals surface area contributed by atoms with Gasteiger partial charge in [-0.1, -0.05) is 12.1 Å². The number of aromatic nitrogens is 2. The minimum atomic E-state index is 0.285. The number of hydrogen-bond acceptors (Lipinski definition) is 6. The van der Waals surface area contributed by atoms with E-state index < -0.39 is 0 Å². The van der Waals surface area contributed by atoms with Gasteiger partial charge in [0.2, 0.25) is 0 Å². The van der Waals surface area contributed by atoms with E-state index in [1.54, 1.807) is 6.33 Å². The first-order valence-corrected chi connectivity index (χ1v) is 7.57. The molecule has 0 radical (unpaired) electrons. The number of nitrogens with zero attached hydrogens (tertiary/aromatic N) is 2. The Morgan fingerprint density at radius 3 is 2.95 bits per heavy atom. The third-order valence-electron chi connectivity index (χ3n) is 3.64. The van der Waals surface area contributed by atoms with Gasteiger partial charge in [0.15, 0.2) is 0 Å². The Kier molecular flexibility index (Phi) is 4.82. The van der Waals surface area contributed by atoms with Crippen LogP contribution in [0.1, 0.15) is 18.4 Å². The molecule has 1 aromatic heterocycles. The van der Waals surface area contributed by atoms with Crippen molar-refractivity contribution in [2.75, 3.05) is 23.8 Å². The van der Waals surface area contributed by atoms with E-state index in [4.69, 9.17) is 10.5 Å². The Hall–Kier alpha value is -2.18. The molecule has 1 saturated heterocycles. The maximum atomic E-state index is 5.66. The van der Waals surface area contributed by atoms with Gasteiger partial charge >= 0.3 is 0 Å². The average molecular weight is 299 g/mol. The van der Waals surface area contributed by atoms with Gasteiger partial charge in [0.25, 0.3) is 0 Å². The molecular formula is C16H21N5O. The van der Waals surface area contributed by atoms with Gasteiger partial charge in [-0.15, -0.1) is 0 Å². The normalized spacial score (nSPS) is 17.4. The quantitative estimate of drug-likeness (QED) is 0.759. The molecule has 116 valence electrons. The summed E-state index contributed by atoms with van der Waals surface area (Å²) in [6.45, 7) is 2.16. The second-order valence-corrected chi connectivity index (χ2v) is 5.33. The lowest BCUT2D eigenvalue weighted by Gasteiger charge is -2.12. The molecule has 0 spiro atoms. The van der Waals surface area contributed by atoms with E-state index >= 15 is 0 Å². The summed E-state index contributed by atoms with van der Waals surface area (Å²) in [5.41, 5.74) is 7.70. The van der Waals surface area contributed by atoms with Crippen LogP contribution in [0.15, 0.2) is 36.7 Å². The summed E-state index contributed by atoms with van der Waals surface area (Å²) in [6, 6.07) is 9.87. The molecule has 4 N–H and O–H groups in total. The highest BCUT2D eigenvalue weighted by Gasteiger charge is 2.15. The molecule has 0 amide bonds. The highest BCUT2D eigenvalue weighted by Crippen LogP contribution is 2.18. The minimum absolute atomic E-state index is 0.285. The molecule has 2 aromatic rings. The van der Waals surface area contributed by atoms with Gasteiger partial charge in [0.1, 0.15) is 18.0 Å². The molecule has 1 atom stereocenters. The molecule has 2 heterocycles. The maximum Gasteiger partial charge on any atom is 0.135 e. The van der Waals surface area contributed by atoms with E-state index in [2.05, 4.69) is 20.6 Å². The van der Waals surface area contributed by atoms with Crippen LogP contribution in [0.25, 0.3) is 0 Å². The first-order valence-electron chi connectivity index (χ1n) is 7.57. The van der Waals surface area contributed by atoms with Gasteiger partial charge < -0.3 is 21.1 Å². The van der Waals surface area contributed by atoms with E-state index in [1.165, 1.54) is 0 Å². The monoisotopic (exact) mass is 299 g/mol. The van der Waals surface area contributed by atoms with Crippen LogP contribution in [-0.4, -0.2) is 29.2 Å². The SMILES string of the molecule is NCc1cccc(Nc2cc(NCC3CCCO3)ncn2)c1. The van der Waals surface area contributed by atoms with Crippen LogP contribution in [0.4, 0.5) is 17.3 Å². The van der Waals surface area contributed by atoms with Crippen LogP contribution in [0.3, 0.4) is 0 Å². The first kappa shape index (κ1) is 14.7. The van der Waals surface area contributed by atoms with Crippen molar-refractivity contribution in [1.29, 1.82) is 0 Å². The zero-order valence-corrected chi connectivity index (χ0v) is 12.5. The molecule has 1 unspecified atom stereocenters. The van der Waals surface area contributed by atoms with Crippen molar-refractivity contribution >= 4 is 17.3 Å². The van der Waals surface area contributed by atoms with Gasteiger partial charge in [-0.05, 0) is 30.5 Å². The fraction of sp³-hybridized carbons (Fsp3) is 0.375. The van der Waals surface area contributed by atoms with Crippen LogP contribution >= 0.6 is 0 Å². The van der Waals surface area contributed by atoms with Crippen molar-refractivity contribution in [3.05, 3.63) is 42.2 Å². The van der Waals surface area contributed by atoms with Crippen molar-refractivity contribution in [1.82, 2.24) is 9.97 Å². The largest absolute Gasteiger partial charge is 0.376 e. The van der Waals surface area contributed by atoms with E-state index in [-0.39, 0.29) is 6.10 Å². The summed E-state index contributed by atoms with van der Waals surface area (Å²) in [5, 5.41) is 6.57. The molecule has 6 nitrogen and oxygen atoms in total. The molecule has 0 bridgehead atoms. The lowest BCUT2D eigenvalue weighted by atomic mass is 10.2. The van der Waals surface area contributed by atoms with Gasteiger partial charge in [-0.25, -0.2) is 9.97 Å². The molecule has 1 aliphatic rings. The van der Waals surface area contributed by atoms with E-state index in [0.29, 0.717) is 6.54 Å². The number of hydrogen-bond donors (Lipinski definition) is 3. The molecular weight excluding hydrogens is 278 g/mol. The summed E-state index contributed by atoms with van der Waals surface area (Å²) in [5.74, 6) is 1.54. The number of benzene rings is 1. The maximum absolute atomic E-state index is 5.66. The Morgan fingerprint density at radius 2 is 2.14 bits per heavy atom. The summed E-state index contributed by atoms with van der Waals surface area (Å²) in [7, 11) is 0. The standard InChI is InChI=1S/C16H21N5O/c17-9-12-3-1-4-13(7-12)21-16-8-15(19-11-20-16)18-10-14-5-2-6-22-14/h1,3-4,7-8,11,14H,2,5-6,9-10,17H2,(H2,18,19,20,21). The number of ether oxygens (including phenoxy) is 1. The Labute approximate surface area is 130 Å². The second-order valence-electron chi connectivity index (χ2n) is 5.33. The molecule has 1 aliphatic heterocycles. The molecule has 3 rings (SSSR count). The van der Waals surface area contributed by atoms with Crippen molar-refractivity contribution < 1.29 is 4.74 Å². The van der Waals surface area contributed by atoms with Crippen molar-refractivity contribution in [2.24, 2.45) is 5.73 Å². The average Bonchev–Trinajstić information content (AvgIpc) is 3.07. The molecule has 22 heavy (non-hydrogen) atoms. The van der Waals surface area contributed by atoms with E-state index in [9.17, 15) is 0 Å². The topological polar surface area (TPSA) is 85.1 Å². The smallest absolute Gasteiger partial charge is 0.135 e. The molecule has 0 saturated carbocycles. The van der Waals surface area contributed by atoms with Crippen LogP contribution in [0.2, 0.25) is 0 Å². The van der Waals surface area contributed by atoms with E-state index in [0.717, 1.165) is 48.9 Å². The van der Waals surface area contributed by atoms with Gasteiger partial charge in [-0.2, -0.15) is 0 Å². The molecule has 0 aliphatic carbocycles. The summed E-state index contributed by atoms with van der Waals surface area (Å²) >= 11 is 0. The van der Waals surface area contributed by atoms with Crippen molar-refractivity contribution in [3.63, 3.8) is 0 Å². The van der Waals surface area contributed by atoms with Crippen LogP contribution in [-0.2, 0) is 11.3 Å². The highest BCUT2D eigenvalue weighted by atomic mass is 16.5. The number of nitrogens with one attached hydrogen (secondary N) is 2. The third kappa shape index (κ3) is 3.93. The third-order valence-corrected chi connectivity index (χ3v) is 3.64. The lowest BCUT2D eigenvalue weighted by molar-refractivity contribution is 0.120. The predicted molar refractivity (Wildman–Crippen MR) is 87.1 cm³/mol. The summed E-state index contributed by atoms with van der Waals surface area (Å²) in [4.78, 5) is 8.48. The van der Waals surface area contributed by atoms with Gasteiger partial charge in [0.05, 0.1) is 6.10 Å². The molecule has 6 heteroatoms. The lowest BCUT2D eigenvalue weighted by Crippen LogP contribution is -2.19. The first-order chi connectivity index (χ1) is 10.8. The van der Waals surface area contributed by atoms with Gasteiger partial charge in [-0.3, -0.25) is 0 Å². The molecule has 1 fully saturated rings.